The van der Waals surface area contributed by atoms with Crippen LogP contribution in [0.4, 0.5) is 0 Å². The summed E-state index contributed by atoms with van der Waals surface area (Å²) in [5.41, 5.74) is 6.92. The highest BCUT2D eigenvalue weighted by Gasteiger charge is 2.06. The number of hydrogen-bond acceptors (Lipinski definition) is 3. The molecule has 0 unspecified atom stereocenters. The molecule has 0 spiro atoms. The van der Waals surface area contributed by atoms with Gasteiger partial charge in [-0.1, -0.05) is 18.2 Å². The zero-order chi connectivity index (χ0) is 12.1. The largest absolute Gasteiger partial charge is 0.491 e. The van der Waals surface area contributed by atoms with Crippen LogP contribution in [0.2, 0.25) is 0 Å². The van der Waals surface area contributed by atoms with Crippen molar-refractivity contribution in [2.24, 2.45) is 5.73 Å². The van der Waals surface area contributed by atoms with E-state index in [9.17, 15) is 0 Å². The lowest BCUT2D eigenvalue weighted by molar-refractivity contribution is 0.287. The lowest BCUT2D eigenvalue weighted by atomic mass is 10.1. The molecule has 1 aromatic heterocycles. The van der Waals surface area contributed by atoms with Crippen molar-refractivity contribution >= 4 is 0 Å². The molecule has 4 nitrogen and oxygen atoms in total. The van der Waals surface area contributed by atoms with E-state index < -0.39 is 0 Å². The Hall–Kier alpha value is -1.81. The molecule has 4 heteroatoms. The monoisotopic (exact) mass is 231 g/mol. The van der Waals surface area contributed by atoms with Crippen LogP contribution >= 0.6 is 0 Å². The molecule has 0 saturated carbocycles. The summed E-state index contributed by atoms with van der Waals surface area (Å²) in [5, 5.41) is 4.12. The highest BCUT2D eigenvalue weighted by Crippen LogP contribution is 2.22. The molecular weight excluding hydrogens is 214 g/mol. The highest BCUT2D eigenvalue weighted by atomic mass is 16.5. The van der Waals surface area contributed by atoms with Gasteiger partial charge in [0, 0.05) is 24.0 Å². The normalized spacial score (nSPS) is 12.4. The third-order valence-corrected chi connectivity index (χ3v) is 2.55. The quantitative estimate of drug-likeness (QED) is 0.856. The molecule has 1 atom stereocenters. The van der Waals surface area contributed by atoms with Crippen molar-refractivity contribution < 1.29 is 4.74 Å². The first-order valence-corrected chi connectivity index (χ1v) is 5.72. The predicted molar refractivity (Wildman–Crippen MR) is 66.8 cm³/mol. The van der Waals surface area contributed by atoms with E-state index in [0.29, 0.717) is 6.61 Å². The molecule has 2 aromatic rings. The van der Waals surface area contributed by atoms with E-state index in [4.69, 9.17) is 10.5 Å². The lowest BCUT2D eigenvalue weighted by Gasteiger charge is -2.13. The fourth-order valence-electron chi connectivity index (χ4n) is 1.67. The SMILES string of the molecule is C[C@H](N)c1ccccc1OCCn1cccn1. The molecule has 0 amide bonds. The van der Waals surface area contributed by atoms with Gasteiger partial charge >= 0.3 is 0 Å². The molecule has 2 rings (SSSR count). The number of nitrogens with zero attached hydrogens (tertiary/aromatic N) is 2. The Kier molecular flexibility index (Phi) is 3.77. The van der Waals surface area contributed by atoms with Crippen LogP contribution in [0.1, 0.15) is 18.5 Å². The van der Waals surface area contributed by atoms with Gasteiger partial charge in [-0.15, -0.1) is 0 Å². The van der Waals surface area contributed by atoms with Crippen LogP contribution in [-0.2, 0) is 6.54 Å². The third-order valence-electron chi connectivity index (χ3n) is 2.55. The maximum absolute atomic E-state index is 5.88. The van der Waals surface area contributed by atoms with Crippen molar-refractivity contribution in [3.05, 3.63) is 48.3 Å². The van der Waals surface area contributed by atoms with E-state index >= 15 is 0 Å². The standard InChI is InChI=1S/C13H17N3O/c1-11(14)12-5-2-3-6-13(12)17-10-9-16-8-4-7-15-16/h2-8,11H,9-10,14H2,1H3/t11-/m0/s1. The van der Waals surface area contributed by atoms with Gasteiger partial charge in [-0.2, -0.15) is 5.10 Å². The van der Waals surface area contributed by atoms with Gasteiger partial charge in [0.05, 0.1) is 6.54 Å². The molecule has 0 saturated heterocycles. The lowest BCUT2D eigenvalue weighted by Crippen LogP contribution is -2.12. The van der Waals surface area contributed by atoms with E-state index in [2.05, 4.69) is 5.10 Å². The summed E-state index contributed by atoms with van der Waals surface area (Å²) >= 11 is 0. The molecule has 90 valence electrons. The number of benzene rings is 1. The van der Waals surface area contributed by atoms with Crippen LogP contribution in [0.25, 0.3) is 0 Å². The van der Waals surface area contributed by atoms with Crippen molar-refractivity contribution in [3.63, 3.8) is 0 Å². The smallest absolute Gasteiger partial charge is 0.124 e. The molecule has 0 aliphatic rings. The summed E-state index contributed by atoms with van der Waals surface area (Å²) in [7, 11) is 0. The Balaban J connectivity index is 1.94. The summed E-state index contributed by atoms with van der Waals surface area (Å²) < 4.78 is 7.57. The van der Waals surface area contributed by atoms with E-state index in [-0.39, 0.29) is 6.04 Å². The number of nitrogens with two attached hydrogens (primary N) is 1. The van der Waals surface area contributed by atoms with Crippen molar-refractivity contribution in [1.82, 2.24) is 9.78 Å². The second kappa shape index (κ2) is 5.50. The molecule has 1 aromatic carbocycles. The molecule has 0 aliphatic carbocycles. The number of ether oxygens (including phenoxy) is 1. The van der Waals surface area contributed by atoms with Crippen LogP contribution in [0.3, 0.4) is 0 Å². The fraction of sp³-hybridized carbons (Fsp3) is 0.308. The summed E-state index contributed by atoms with van der Waals surface area (Å²) in [6, 6.07) is 9.75. The zero-order valence-electron chi connectivity index (χ0n) is 9.91. The zero-order valence-corrected chi connectivity index (χ0v) is 9.91. The maximum atomic E-state index is 5.88. The molecule has 17 heavy (non-hydrogen) atoms. The molecule has 0 radical (unpaired) electrons. The molecule has 0 bridgehead atoms. The fourth-order valence-corrected chi connectivity index (χ4v) is 1.67. The average Bonchev–Trinajstić information content (AvgIpc) is 2.82. The Morgan fingerprint density at radius 3 is 2.88 bits per heavy atom. The minimum Gasteiger partial charge on any atom is -0.491 e. The topological polar surface area (TPSA) is 53.1 Å². The summed E-state index contributed by atoms with van der Waals surface area (Å²) in [6.07, 6.45) is 3.68. The maximum Gasteiger partial charge on any atom is 0.124 e. The predicted octanol–water partition coefficient (Wildman–Crippen LogP) is 1.98. The van der Waals surface area contributed by atoms with Gasteiger partial charge in [0.1, 0.15) is 12.4 Å². The minimum absolute atomic E-state index is 0.0177. The first-order valence-electron chi connectivity index (χ1n) is 5.72. The second-order valence-electron chi connectivity index (χ2n) is 3.94. The second-order valence-corrected chi connectivity index (χ2v) is 3.94. The van der Waals surface area contributed by atoms with Gasteiger partial charge in [-0.05, 0) is 19.1 Å². The minimum atomic E-state index is -0.0177. The van der Waals surface area contributed by atoms with E-state index in [0.717, 1.165) is 17.9 Å². The Morgan fingerprint density at radius 1 is 1.35 bits per heavy atom. The Bertz CT molecular complexity index is 451. The van der Waals surface area contributed by atoms with E-state index in [1.165, 1.54) is 0 Å². The third kappa shape index (κ3) is 3.07. The number of hydrogen-bond donors (Lipinski definition) is 1. The van der Waals surface area contributed by atoms with Crippen LogP contribution in [-0.4, -0.2) is 16.4 Å². The first kappa shape index (κ1) is 11.7. The summed E-state index contributed by atoms with van der Waals surface area (Å²) in [4.78, 5) is 0. The van der Waals surface area contributed by atoms with Crippen molar-refractivity contribution in [2.75, 3.05) is 6.61 Å². The molecule has 0 aliphatic heterocycles. The summed E-state index contributed by atoms with van der Waals surface area (Å²) in [5.74, 6) is 0.856. The van der Waals surface area contributed by atoms with Gasteiger partial charge in [0.15, 0.2) is 0 Å². The van der Waals surface area contributed by atoms with Crippen LogP contribution in [0, 0.1) is 0 Å². The molecule has 2 N–H and O–H groups in total. The molecule has 1 heterocycles. The summed E-state index contributed by atoms with van der Waals surface area (Å²) in [6.45, 7) is 3.28. The number of aromatic nitrogens is 2. The van der Waals surface area contributed by atoms with E-state index in [1.807, 2.05) is 48.1 Å². The van der Waals surface area contributed by atoms with Crippen LogP contribution in [0.15, 0.2) is 42.7 Å². The number of para-hydroxylation sites is 1. The van der Waals surface area contributed by atoms with Crippen molar-refractivity contribution in [1.29, 1.82) is 0 Å². The Morgan fingerprint density at radius 2 is 2.18 bits per heavy atom. The van der Waals surface area contributed by atoms with Gasteiger partial charge in [-0.25, -0.2) is 0 Å². The van der Waals surface area contributed by atoms with Gasteiger partial charge in [0.25, 0.3) is 0 Å². The van der Waals surface area contributed by atoms with Crippen molar-refractivity contribution in [2.45, 2.75) is 19.5 Å². The van der Waals surface area contributed by atoms with Gasteiger partial charge in [0.2, 0.25) is 0 Å². The van der Waals surface area contributed by atoms with Gasteiger partial charge in [-0.3, -0.25) is 4.68 Å². The molecular formula is C13H17N3O. The Labute approximate surface area is 101 Å². The van der Waals surface area contributed by atoms with E-state index in [1.54, 1.807) is 6.20 Å². The molecule has 0 fully saturated rings. The van der Waals surface area contributed by atoms with Crippen molar-refractivity contribution in [3.8, 4) is 5.75 Å². The van der Waals surface area contributed by atoms with Gasteiger partial charge < -0.3 is 10.5 Å². The highest BCUT2D eigenvalue weighted by molar-refractivity contribution is 5.35. The van der Waals surface area contributed by atoms with Crippen LogP contribution in [0.5, 0.6) is 5.75 Å². The number of rotatable bonds is 5. The average molecular weight is 231 g/mol. The van der Waals surface area contributed by atoms with Crippen LogP contribution < -0.4 is 10.5 Å². The first-order chi connectivity index (χ1) is 8.27.